The molecule has 0 spiro atoms. The zero-order valence-corrected chi connectivity index (χ0v) is 13.7. The van der Waals surface area contributed by atoms with E-state index in [9.17, 15) is 4.79 Å². The van der Waals surface area contributed by atoms with Gasteiger partial charge in [-0.15, -0.1) is 0 Å². The van der Waals surface area contributed by atoms with Crippen LogP contribution in [-0.4, -0.2) is 12.5 Å². The minimum absolute atomic E-state index is 0.0392. The number of nitrogens with one attached hydrogen (secondary N) is 1. The molecule has 3 nitrogen and oxygen atoms in total. The number of hydrogen-bond acceptors (Lipinski definition) is 2. The summed E-state index contributed by atoms with van der Waals surface area (Å²) >= 11 is 0. The molecular weight excluding hydrogens is 272 g/mol. The fourth-order valence-electron chi connectivity index (χ4n) is 3.01. The quantitative estimate of drug-likeness (QED) is 0.852. The first-order valence-corrected chi connectivity index (χ1v) is 8.06. The minimum Gasteiger partial charge on any atom is -0.349 e. The van der Waals surface area contributed by atoms with Gasteiger partial charge in [-0.05, 0) is 36.1 Å². The molecule has 3 heteroatoms. The third-order valence-electron chi connectivity index (χ3n) is 4.86. The van der Waals surface area contributed by atoms with Crippen molar-refractivity contribution < 1.29 is 4.79 Å². The summed E-state index contributed by atoms with van der Waals surface area (Å²) < 4.78 is 0. The third kappa shape index (κ3) is 3.00. The van der Waals surface area contributed by atoms with E-state index in [2.05, 4.69) is 29.6 Å². The Morgan fingerprint density at radius 1 is 1.14 bits per heavy atom. The molecule has 2 aromatic carbocycles. The molecule has 0 bridgehead atoms. The Labute approximate surface area is 132 Å². The summed E-state index contributed by atoms with van der Waals surface area (Å²) in [5.74, 6) is 0.0560. The van der Waals surface area contributed by atoms with Gasteiger partial charge in [-0.25, -0.2) is 0 Å². The maximum absolute atomic E-state index is 12.7. The van der Waals surface area contributed by atoms with Crippen molar-refractivity contribution in [2.75, 3.05) is 6.54 Å². The van der Waals surface area contributed by atoms with Crippen LogP contribution >= 0.6 is 0 Å². The van der Waals surface area contributed by atoms with Crippen molar-refractivity contribution in [3.8, 4) is 0 Å². The van der Waals surface area contributed by atoms with Crippen LogP contribution in [-0.2, 0) is 4.79 Å². The van der Waals surface area contributed by atoms with Crippen LogP contribution in [0.3, 0.4) is 0 Å². The molecule has 0 aliphatic heterocycles. The summed E-state index contributed by atoms with van der Waals surface area (Å²) in [7, 11) is 0. The van der Waals surface area contributed by atoms with Gasteiger partial charge in [0.2, 0.25) is 5.91 Å². The molecular formula is C19H26N2O. The van der Waals surface area contributed by atoms with E-state index in [1.807, 2.05) is 39.0 Å². The number of fused-ring (bicyclic) bond motifs is 1. The maximum Gasteiger partial charge on any atom is 0.227 e. The highest BCUT2D eigenvalue weighted by atomic mass is 16.2. The molecule has 2 rings (SSSR count). The van der Waals surface area contributed by atoms with Gasteiger partial charge in [0.1, 0.15) is 0 Å². The van der Waals surface area contributed by atoms with E-state index in [0.717, 1.165) is 18.4 Å². The zero-order chi connectivity index (χ0) is 16.2. The molecule has 0 radical (unpaired) electrons. The molecule has 0 saturated heterocycles. The van der Waals surface area contributed by atoms with Gasteiger partial charge < -0.3 is 11.1 Å². The molecule has 0 heterocycles. The van der Waals surface area contributed by atoms with Crippen molar-refractivity contribution in [2.24, 2.45) is 11.1 Å². The first-order valence-electron chi connectivity index (χ1n) is 8.06. The van der Waals surface area contributed by atoms with Gasteiger partial charge >= 0.3 is 0 Å². The molecule has 0 aliphatic rings. The second-order valence-electron chi connectivity index (χ2n) is 5.96. The zero-order valence-electron chi connectivity index (χ0n) is 13.7. The number of carbonyl (C=O) groups excluding carboxylic acids is 1. The van der Waals surface area contributed by atoms with Crippen LogP contribution in [0.25, 0.3) is 10.8 Å². The van der Waals surface area contributed by atoms with Crippen LogP contribution in [0, 0.1) is 5.41 Å². The van der Waals surface area contributed by atoms with Gasteiger partial charge in [-0.3, -0.25) is 4.79 Å². The number of benzene rings is 2. The van der Waals surface area contributed by atoms with Crippen molar-refractivity contribution in [1.82, 2.24) is 5.32 Å². The summed E-state index contributed by atoms with van der Waals surface area (Å²) in [5.41, 5.74) is 6.56. The Balaban J connectivity index is 2.28. The standard InChI is InChI=1S/C19H26N2O/c1-4-19(5-2,13-20)18(22)21-14(3)16-12-8-10-15-9-6-7-11-17(15)16/h6-12,14H,4-5,13,20H2,1-3H3,(H,21,22). The Morgan fingerprint density at radius 2 is 1.77 bits per heavy atom. The van der Waals surface area contributed by atoms with E-state index in [0.29, 0.717) is 6.54 Å². The second-order valence-corrected chi connectivity index (χ2v) is 5.96. The van der Waals surface area contributed by atoms with Crippen molar-refractivity contribution in [3.63, 3.8) is 0 Å². The van der Waals surface area contributed by atoms with E-state index < -0.39 is 5.41 Å². The van der Waals surface area contributed by atoms with E-state index in [-0.39, 0.29) is 11.9 Å². The number of hydrogen-bond donors (Lipinski definition) is 2. The molecule has 0 saturated carbocycles. The molecule has 3 N–H and O–H groups in total. The molecule has 0 fully saturated rings. The molecule has 0 aromatic heterocycles. The Hall–Kier alpha value is -1.87. The number of carbonyl (C=O) groups is 1. The Morgan fingerprint density at radius 3 is 2.41 bits per heavy atom. The summed E-state index contributed by atoms with van der Waals surface area (Å²) in [6.45, 7) is 6.47. The van der Waals surface area contributed by atoms with Gasteiger partial charge in [-0.1, -0.05) is 56.3 Å². The highest BCUT2D eigenvalue weighted by Gasteiger charge is 2.34. The van der Waals surface area contributed by atoms with Crippen LogP contribution < -0.4 is 11.1 Å². The van der Waals surface area contributed by atoms with Gasteiger partial charge in [-0.2, -0.15) is 0 Å². The van der Waals surface area contributed by atoms with E-state index >= 15 is 0 Å². The normalized spacial score (nSPS) is 13.1. The lowest BCUT2D eigenvalue weighted by atomic mass is 9.81. The van der Waals surface area contributed by atoms with Crippen LogP contribution in [0.1, 0.15) is 45.2 Å². The number of nitrogens with two attached hydrogens (primary N) is 1. The van der Waals surface area contributed by atoms with Crippen molar-refractivity contribution >= 4 is 16.7 Å². The highest BCUT2D eigenvalue weighted by Crippen LogP contribution is 2.28. The largest absolute Gasteiger partial charge is 0.349 e. The fourth-order valence-corrected chi connectivity index (χ4v) is 3.01. The van der Waals surface area contributed by atoms with Gasteiger partial charge in [0.25, 0.3) is 0 Å². The van der Waals surface area contributed by atoms with Crippen LogP contribution in [0.5, 0.6) is 0 Å². The average molecular weight is 298 g/mol. The smallest absolute Gasteiger partial charge is 0.227 e. The Bertz CT molecular complexity index is 633. The average Bonchev–Trinajstić information content (AvgIpc) is 2.56. The van der Waals surface area contributed by atoms with Crippen LogP contribution in [0.4, 0.5) is 0 Å². The number of amides is 1. The lowest BCUT2D eigenvalue weighted by Gasteiger charge is -2.30. The van der Waals surface area contributed by atoms with Crippen LogP contribution in [0.2, 0.25) is 0 Å². The van der Waals surface area contributed by atoms with Crippen molar-refractivity contribution in [2.45, 2.75) is 39.7 Å². The predicted molar refractivity (Wildman–Crippen MR) is 92.6 cm³/mol. The lowest BCUT2D eigenvalue weighted by Crippen LogP contribution is -2.46. The maximum atomic E-state index is 12.7. The van der Waals surface area contributed by atoms with Crippen molar-refractivity contribution in [1.29, 1.82) is 0 Å². The summed E-state index contributed by atoms with van der Waals surface area (Å²) in [5, 5.41) is 5.54. The number of rotatable bonds is 6. The predicted octanol–water partition coefficient (Wildman–Crippen LogP) is 3.78. The molecule has 1 atom stereocenters. The molecule has 118 valence electrons. The third-order valence-corrected chi connectivity index (χ3v) is 4.86. The van der Waals surface area contributed by atoms with Gasteiger partial charge in [0.15, 0.2) is 0 Å². The summed E-state index contributed by atoms with van der Waals surface area (Å²) in [4.78, 5) is 12.7. The molecule has 22 heavy (non-hydrogen) atoms. The fraction of sp³-hybridized carbons (Fsp3) is 0.421. The van der Waals surface area contributed by atoms with Gasteiger partial charge in [0, 0.05) is 6.54 Å². The molecule has 1 unspecified atom stereocenters. The summed E-state index contributed by atoms with van der Waals surface area (Å²) in [6, 6.07) is 14.4. The highest BCUT2D eigenvalue weighted by molar-refractivity contribution is 5.88. The first-order chi connectivity index (χ1) is 10.6. The molecule has 2 aromatic rings. The van der Waals surface area contributed by atoms with Gasteiger partial charge in [0.05, 0.1) is 11.5 Å². The lowest BCUT2D eigenvalue weighted by molar-refractivity contribution is -0.131. The SMILES string of the molecule is CCC(CC)(CN)C(=O)NC(C)c1cccc2ccccc12. The van der Waals surface area contributed by atoms with E-state index in [4.69, 9.17) is 5.73 Å². The van der Waals surface area contributed by atoms with Crippen LogP contribution in [0.15, 0.2) is 42.5 Å². The van der Waals surface area contributed by atoms with Crippen molar-refractivity contribution in [3.05, 3.63) is 48.0 Å². The molecule has 1 amide bonds. The second kappa shape index (κ2) is 6.93. The van der Waals surface area contributed by atoms with E-state index in [1.54, 1.807) is 0 Å². The first kappa shape index (κ1) is 16.5. The monoisotopic (exact) mass is 298 g/mol. The topological polar surface area (TPSA) is 55.1 Å². The van der Waals surface area contributed by atoms with E-state index in [1.165, 1.54) is 10.8 Å². The summed E-state index contributed by atoms with van der Waals surface area (Å²) in [6.07, 6.45) is 1.52. The molecule has 0 aliphatic carbocycles. The minimum atomic E-state index is -0.459. The Kier molecular flexibility index (Phi) is 5.19.